The summed E-state index contributed by atoms with van der Waals surface area (Å²) in [6.07, 6.45) is -0.673. The molecule has 2 amide bonds. The van der Waals surface area contributed by atoms with E-state index in [1.807, 2.05) is 84.9 Å². The van der Waals surface area contributed by atoms with Crippen LogP contribution in [0, 0.1) is 0 Å². The second kappa shape index (κ2) is 14.2. The SMILES string of the molecule is O=C(O)c1ccccc1SCC1CC(c2ccc(CO)cc2)OC(c2cccc(-c3cccc(CN4C(=O)c5ccccc5C4=O)c3)c2)O1. The van der Waals surface area contributed by atoms with Gasteiger partial charge in [0, 0.05) is 22.6 Å². The van der Waals surface area contributed by atoms with Gasteiger partial charge in [-0.05, 0) is 64.2 Å². The standard InChI is InChI=1S/C40H33NO7S/c42-23-25-15-17-27(18-16-25)35-21-31(24-49-36-14-4-3-13-34(36)39(45)46)47-40(48-35)30-10-6-9-29(20-30)28-8-5-7-26(19-28)22-41-37(43)32-11-1-2-12-33(32)38(41)44/h1-20,31,35,40,42H,21-24H2,(H,45,46). The van der Waals surface area contributed by atoms with Crippen molar-refractivity contribution in [2.45, 2.75) is 43.0 Å². The lowest BCUT2D eigenvalue weighted by Gasteiger charge is -2.36. The molecule has 2 heterocycles. The van der Waals surface area contributed by atoms with Crippen molar-refractivity contribution in [2.75, 3.05) is 5.75 Å². The molecule has 3 unspecified atom stereocenters. The Hall–Kier alpha value is -5.06. The second-order valence-corrected chi connectivity index (χ2v) is 13.1. The number of aliphatic hydroxyl groups excluding tert-OH is 1. The van der Waals surface area contributed by atoms with Crippen LogP contribution < -0.4 is 0 Å². The molecule has 8 nitrogen and oxygen atoms in total. The van der Waals surface area contributed by atoms with Crippen molar-refractivity contribution in [2.24, 2.45) is 0 Å². The second-order valence-electron chi connectivity index (χ2n) is 12.0. The van der Waals surface area contributed by atoms with Gasteiger partial charge in [0.2, 0.25) is 0 Å². The third-order valence-corrected chi connectivity index (χ3v) is 10.0. The van der Waals surface area contributed by atoms with E-state index >= 15 is 0 Å². The average Bonchev–Trinajstić information content (AvgIpc) is 3.38. The molecular formula is C40H33NO7S. The molecule has 0 saturated carbocycles. The maximum atomic E-state index is 13.0. The quantitative estimate of drug-likeness (QED) is 0.115. The summed E-state index contributed by atoms with van der Waals surface area (Å²) in [6.45, 7) is 0.113. The highest BCUT2D eigenvalue weighted by Gasteiger charge is 2.35. The molecule has 0 aliphatic carbocycles. The van der Waals surface area contributed by atoms with Crippen LogP contribution in [0.15, 0.2) is 126 Å². The number of thioether (sulfide) groups is 1. The van der Waals surface area contributed by atoms with Crippen LogP contribution in [0.1, 0.15) is 72.1 Å². The molecule has 2 aliphatic heterocycles. The lowest BCUT2D eigenvalue weighted by atomic mass is 9.99. The Labute approximate surface area is 287 Å². The first kappa shape index (κ1) is 32.5. The van der Waals surface area contributed by atoms with E-state index in [9.17, 15) is 24.6 Å². The molecular weight excluding hydrogens is 639 g/mol. The van der Waals surface area contributed by atoms with Crippen LogP contribution in [-0.4, -0.2) is 44.8 Å². The highest BCUT2D eigenvalue weighted by Crippen LogP contribution is 2.40. The van der Waals surface area contributed by atoms with Crippen LogP contribution in [0.25, 0.3) is 11.1 Å². The van der Waals surface area contributed by atoms with E-state index in [0.29, 0.717) is 28.2 Å². The molecule has 5 aromatic carbocycles. The molecule has 0 aromatic heterocycles. The van der Waals surface area contributed by atoms with Crippen molar-refractivity contribution in [3.05, 3.63) is 160 Å². The van der Waals surface area contributed by atoms with Crippen molar-refractivity contribution in [1.82, 2.24) is 4.90 Å². The molecule has 9 heteroatoms. The van der Waals surface area contributed by atoms with E-state index in [2.05, 4.69) is 0 Å². The molecule has 1 fully saturated rings. The number of carbonyl (C=O) groups excluding carboxylic acids is 2. The minimum atomic E-state index is -0.972. The fourth-order valence-corrected chi connectivity index (χ4v) is 7.32. The van der Waals surface area contributed by atoms with Crippen molar-refractivity contribution >= 4 is 29.5 Å². The number of rotatable bonds is 10. The molecule has 0 spiro atoms. The number of fused-ring (bicyclic) bond motifs is 1. The largest absolute Gasteiger partial charge is 0.478 e. The van der Waals surface area contributed by atoms with Gasteiger partial charge in [-0.3, -0.25) is 14.5 Å². The van der Waals surface area contributed by atoms with Crippen molar-refractivity contribution in [3.63, 3.8) is 0 Å². The van der Waals surface area contributed by atoms with Crippen LogP contribution in [0.3, 0.4) is 0 Å². The number of amides is 2. The zero-order chi connectivity index (χ0) is 33.9. The number of carboxylic acid groups (broad SMARTS) is 1. The first-order valence-corrected chi connectivity index (χ1v) is 17.0. The summed E-state index contributed by atoms with van der Waals surface area (Å²) in [5, 5.41) is 19.2. The molecule has 0 bridgehead atoms. The Kier molecular flexibility index (Phi) is 9.41. The first-order chi connectivity index (χ1) is 23.9. The van der Waals surface area contributed by atoms with Crippen LogP contribution in [-0.2, 0) is 22.6 Å². The van der Waals surface area contributed by atoms with E-state index in [1.165, 1.54) is 16.7 Å². The van der Waals surface area contributed by atoms with Gasteiger partial charge in [0.1, 0.15) is 0 Å². The number of carbonyl (C=O) groups is 3. The van der Waals surface area contributed by atoms with Gasteiger partial charge in [-0.1, -0.05) is 84.9 Å². The van der Waals surface area contributed by atoms with E-state index in [4.69, 9.17) is 9.47 Å². The monoisotopic (exact) mass is 671 g/mol. The zero-order valence-electron chi connectivity index (χ0n) is 26.4. The van der Waals surface area contributed by atoms with Gasteiger partial charge in [0.25, 0.3) is 11.8 Å². The summed E-state index contributed by atoms with van der Waals surface area (Å²) in [5.41, 5.74) is 6.36. The average molecular weight is 672 g/mol. The third-order valence-electron chi connectivity index (χ3n) is 8.80. The maximum absolute atomic E-state index is 13.0. The predicted octanol–water partition coefficient (Wildman–Crippen LogP) is 7.68. The molecule has 1 saturated heterocycles. The fraction of sp³-hybridized carbons (Fsp3) is 0.175. The van der Waals surface area contributed by atoms with Gasteiger partial charge in [-0.15, -0.1) is 11.8 Å². The van der Waals surface area contributed by atoms with Gasteiger partial charge in [-0.25, -0.2) is 4.79 Å². The molecule has 2 N–H and O–H groups in total. The molecule has 49 heavy (non-hydrogen) atoms. The maximum Gasteiger partial charge on any atom is 0.336 e. The van der Waals surface area contributed by atoms with E-state index in [-0.39, 0.29) is 42.7 Å². The highest BCUT2D eigenvalue weighted by atomic mass is 32.2. The third kappa shape index (κ3) is 6.93. The first-order valence-electron chi connectivity index (χ1n) is 16.0. The number of nitrogens with zero attached hydrogens (tertiary/aromatic N) is 1. The topological polar surface area (TPSA) is 113 Å². The van der Waals surface area contributed by atoms with Crippen LogP contribution in [0.5, 0.6) is 0 Å². The lowest BCUT2D eigenvalue weighted by molar-refractivity contribution is -0.245. The van der Waals surface area contributed by atoms with E-state index < -0.39 is 12.3 Å². The number of hydrogen-bond donors (Lipinski definition) is 2. The van der Waals surface area contributed by atoms with Gasteiger partial charge < -0.3 is 19.7 Å². The Morgan fingerprint density at radius 3 is 2.12 bits per heavy atom. The molecule has 246 valence electrons. The number of aliphatic hydroxyl groups is 1. The van der Waals surface area contributed by atoms with Crippen molar-refractivity contribution < 1.29 is 34.1 Å². The van der Waals surface area contributed by atoms with Crippen LogP contribution >= 0.6 is 11.8 Å². The molecule has 2 aliphatic rings. The minimum Gasteiger partial charge on any atom is -0.478 e. The Bertz CT molecular complexity index is 1990. The smallest absolute Gasteiger partial charge is 0.336 e. The number of ether oxygens (including phenoxy) is 2. The van der Waals surface area contributed by atoms with Crippen LogP contribution in [0.2, 0.25) is 0 Å². The fourth-order valence-electron chi connectivity index (χ4n) is 6.25. The number of benzene rings is 5. The highest BCUT2D eigenvalue weighted by molar-refractivity contribution is 7.99. The molecule has 5 aromatic rings. The van der Waals surface area contributed by atoms with Gasteiger partial charge in [0.05, 0.1) is 42.0 Å². The number of hydrogen-bond acceptors (Lipinski definition) is 7. The van der Waals surface area contributed by atoms with Crippen molar-refractivity contribution in [1.29, 1.82) is 0 Å². The number of carboxylic acids is 1. The summed E-state index contributed by atoms with van der Waals surface area (Å²) in [4.78, 5) is 39.7. The van der Waals surface area contributed by atoms with Gasteiger partial charge in [-0.2, -0.15) is 0 Å². The lowest BCUT2D eigenvalue weighted by Crippen LogP contribution is -2.31. The zero-order valence-corrected chi connectivity index (χ0v) is 27.2. The normalized spacial score (nSPS) is 18.8. The van der Waals surface area contributed by atoms with Crippen LogP contribution in [0.4, 0.5) is 0 Å². The van der Waals surface area contributed by atoms with E-state index in [1.54, 1.807) is 36.4 Å². The summed E-state index contributed by atoms with van der Waals surface area (Å²) in [5.74, 6) is -1.03. The van der Waals surface area contributed by atoms with E-state index in [0.717, 1.165) is 33.4 Å². The molecule has 0 radical (unpaired) electrons. The molecule has 3 atom stereocenters. The van der Waals surface area contributed by atoms with Crippen molar-refractivity contribution in [3.8, 4) is 11.1 Å². The Balaban J connectivity index is 1.13. The summed E-state index contributed by atoms with van der Waals surface area (Å²) in [6, 6.07) is 37.2. The van der Waals surface area contributed by atoms with Gasteiger partial charge >= 0.3 is 5.97 Å². The minimum absolute atomic E-state index is 0.0495. The molecule has 7 rings (SSSR count). The predicted molar refractivity (Wildman–Crippen MR) is 185 cm³/mol. The Morgan fingerprint density at radius 2 is 1.41 bits per heavy atom. The van der Waals surface area contributed by atoms with Gasteiger partial charge in [0.15, 0.2) is 6.29 Å². The summed E-state index contributed by atoms with van der Waals surface area (Å²) >= 11 is 1.45. The Morgan fingerprint density at radius 1 is 0.735 bits per heavy atom. The summed E-state index contributed by atoms with van der Waals surface area (Å²) < 4.78 is 13.1. The summed E-state index contributed by atoms with van der Waals surface area (Å²) in [7, 11) is 0. The number of aromatic carboxylic acids is 1. The number of imide groups is 1.